The third-order valence-corrected chi connectivity index (χ3v) is 5.00. The molecule has 5 atom stereocenters. The van der Waals surface area contributed by atoms with Crippen LogP contribution in [0, 0.1) is 23.7 Å². The Hall–Kier alpha value is -1.59. The fourth-order valence-electron chi connectivity index (χ4n) is 3.70. The first-order chi connectivity index (χ1) is 9.81. The van der Waals surface area contributed by atoms with Crippen LogP contribution in [0.3, 0.4) is 0 Å². The smallest absolute Gasteiger partial charge is 0.307 e. The third-order valence-electron chi connectivity index (χ3n) is 5.00. The van der Waals surface area contributed by atoms with Gasteiger partial charge in [-0.3, -0.25) is 14.4 Å². The number of hydrogen-bond acceptors (Lipinski definition) is 3. The summed E-state index contributed by atoms with van der Waals surface area (Å²) in [5.41, 5.74) is 5.36. The Balaban J connectivity index is 2.13. The molecule has 6 heteroatoms. The molecule has 0 aromatic carbocycles. The van der Waals surface area contributed by atoms with Gasteiger partial charge in [-0.2, -0.15) is 0 Å². The fraction of sp³-hybridized carbons (Fsp3) is 0.800. The lowest BCUT2D eigenvalue weighted by atomic mass is 9.89. The van der Waals surface area contributed by atoms with Gasteiger partial charge in [-0.1, -0.05) is 6.92 Å². The molecule has 2 rings (SSSR count). The van der Waals surface area contributed by atoms with Crippen molar-refractivity contribution in [2.75, 3.05) is 6.54 Å². The molecule has 3 N–H and O–H groups in total. The van der Waals surface area contributed by atoms with E-state index in [1.54, 1.807) is 4.90 Å². The van der Waals surface area contributed by atoms with E-state index in [-0.39, 0.29) is 29.7 Å². The van der Waals surface area contributed by atoms with Crippen molar-refractivity contribution in [3.8, 4) is 0 Å². The molecule has 2 fully saturated rings. The molecular formula is C15H24N2O4. The zero-order valence-corrected chi connectivity index (χ0v) is 12.6. The van der Waals surface area contributed by atoms with E-state index in [1.165, 1.54) is 0 Å². The topological polar surface area (TPSA) is 101 Å². The molecule has 0 aromatic rings. The molecule has 6 nitrogen and oxygen atoms in total. The Kier molecular flexibility index (Phi) is 4.54. The quantitative estimate of drug-likeness (QED) is 0.806. The maximum atomic E-state index is 12.7. The maximum absolute atomic E-state index is 12.7. The lowest BCUT2D eigenvalue weighted by Crippen LogP contribution is -2.51. The Labute approximate surface area is 124 Å². The van der Waals surface area contributed by atoms with Crippen molar-refractivity contribution in [3.05, 3.63) is 0 Å². The molecule has 1 aliphatic heterocycles. The summed E-state index contributed by atoms with van der Waals surface area (Å²) >= 11 is 0. The minimum absolute atomic E-state index is 0.0402. The van der Waals surface area contributed by atoms with Crippen molar-refractivity contribution in [3.63, 3.8) is 0 Å². The first-order valence-electron chi connectivity index (χ1n) is 7.63. The number of nitrogens with zero attached hydrogens (tertiary/aromatic N) is 1. The van der Waals surface area contributed by atoms with Gasteiger partial charge < -0.3 is 15.7 Å². The minimum atomic E-state index is -0.895. The molecule has 1 saturated heterocycles. The monoisotopic (exact) mass is 296 g/mol. The van der Waals surface area contributed by atoms with Crippen LogP contribution in [-0.4, -0.2) is 40.4 Å². The van der Waals surface area contributed by atoms with Gasteiger partial charge in [-0.05, 0) is 38.5 Å². The van der Waals surface area contributed by atoms with Crippen molar-refractivity contribution in [2.45, 2.75) is 45.6 Å². The van der Waals surface area contributed by atoms with Gasteiger partial charge >= 0.3 is 5.97 Å². The number of amides is 2. The number of aliphatic carboxylic acids is 1. The van der Waals surface area contributed by atoms with Crippen LogP contribution in [0.15, 0.2) is 0 Å². The molecule has 2 aliphatic rings. The van der Waals surface area contributed by atoms with Gasteiger partial charge in [0.2, 0.25) is 11.8 Å². The van der Waals surface area contributed by atoms with Crippen LogP contribution in [-0.2, 0) is 14.4 Å². The fourth-order valence-corrected chi connectivity index (χ4v) is 3.70. The first kappa shape index (κ1) is 15.8. The predicted molar refractivity (Wildman–Crippen MR) is 76.1 cm³/mol. The Morgan fingerprint density at radius 2 is 1.71 bits per heavy atom. The summed E-state index contributed by atoms with van der Waals surface area (Å²) < 4.78 is 0. The Bertz CT molecular complexity index is 451. The van der Waals surface area contributed by atoms with Gasteiger partial charge in [-0.25, -0.2) is 0 Å². The van der Waals surface area contributed by atoms with Crippen molar-refractivity contribution in [1.82, 2.24) is 4.90 Å². The highest BCUT2D eigenvalue weighted by Crippen LogP contribution is 2.38. The van der Waals surface area contributed by atoms with E-state index in [2.05, 4.69) is 0 Å². The average molecular weight is 296 g/mol. The highest BCUT2D eigenvalue weighted by atomic mass is 16.4. The number of likely N-dealkylation sites (tertiary alicyclic amines) is 1. The molecule has 0 aromatic heterocycles. The molecule has 1 heterocycles. The van der Waals surface area contributed by atoms with Crippen LogP contribution in [0.25, 0.3) is 0 Å². The number of carboxylic acids is 1. The van der Waals surface area contributed by atoms with Crippen LogP contribution in [0.2, 0.25) is 0 Å². The largest absolute Gasteiger partial charge is 0.481 e. The molecule has 118 valence electrons. The molecular weight excluding hydrogens is 272 g/mol. The average Bonchev–Trinajstić information content (AvgIpc) is 2.80. The summed E-state index contributed by atoms with van der Waals surface area (Å²) in [5.74, 6) is -2.53. The normalized spacial score (nSPS) is 36.5. The second-order valence-corrected chi connectivity index (χ2v) is 6.64. The SMILES string of the molecule is CC1CC(C(=O)O)C(C(=O)N2CC(C(N)=O)CCC2C)C1. The van der Waals surface area contributed by atoms with Gasteiger partial charge in [0.05, 0.1) is 17.8 Å². The van der Waals surface area contributed by atoms with Gasteiger partial charge in [0.1, 0.15) is 0 Å². The Morgan fingerprint density at radius 1 is 1.10 bits per heavy atom. The van der Waals surface area contributed by atoms with Gasteiger partial charge in [0.25, 0.3) is 0 Å². The number of nitrogens with two attached hydrogens (primary N) is 1. The van der Waals surface area contributed by atoms with E-state index in [4.69, 9.17) is 5.73 Å². The molecule has 0 spiro atoms. The Morgan fingerprint density at radius 3 is 2.29 bits per heavy atom. The van der Waals surface area contributed by atoms with Crippen LogP contribution < -0.4 is 5.73 Å². The standard InChI is InChI=1S/C15H24N2O4/c1-8-5-11(12(6-8)15(20)21)14(19)17-7-10(13(16)18)4-3-9(17)2/h8-12H,3-7H2,1-2H3,(H2,16,18)(H,20,21). The number of rotatable bonds is 3. The number of piperidine rings is 1. The number of hydrogen-bond donors (Lipinski definition) is 2. The zero-order chi connectivity index (χ0) is 15.7. The van der Waals surface area contributed by atoms with Crippen molar-refractivity contribution < 1.29 is 19.5 Å². The van der Waals surface area contributed by atoms with Crippen LogP contribution in [0.5, 0.6) is 0 Å². The van der Waals surface area contributed by atoms with Crippen molar-refractivity contribution >= 4 is 17.8 Å². The van der Waals surface area contributed by atoms with Gasteiger partial charge in [0, 0.05) is 12.6 Å². The van der Waals surface area contributed by atoms with E-state index in [1.807, 2.05) is 13.8 Å². The molecule has 1 aliphatic carbocycles. The molecule has 5 unspecified atom stereocenters. The summed E-state index contributed by atoms with van der Waals surface area (Å²) in [6.45, 7) is 4.25. The predicted octanol–water partition coefficient (Wildman–Crippen LogP) is 0.846. The zero-order valence-electron chi connectivity index (χ0n) is 12.6. The first-order valence-corrected chi connectivity index (χ1v) is 7.63. The lowest BCUT2D eigenvalue weighted by Gasteiger charge is -2.38. The second kappa shape index (κ2) is 6.03. The van der Waals surface area contributed by atoms with Crippen LogP contribution >= 0.6 is 0 Å². The van der Waals surface area contributed by atoms with E-state index in [0.717, 1.165) is 6.42 Å². The lowest BCUT2D eigenvalue weighted by molar-refractivity contribution is -0.151. The second-order valence-electron chi connectivity index (χ2n) is 6.64. The summed E-state index contributed by atoms with van der Waals surface area (Å²) in [7, 11) is 0. The maximum Gasteiger partial charge on any atom is 0.307 e. The van der Waals surface area contributed by atoms with E-state index < -0.39 is 17.8 Å². The van der Waals surface area contributed by atoms with E-state index in [9.17, 15) is 19.5 Å². The van der Waals surface area contributed by atoms with Gasteiger partial charge in [0.15, 0.2) is 0 Å². The molecule has 0 bridgehead atoms. The number of carbonyl (C=O) groups is 3. The third kappa shape index (κ3) is 3.19. The van der Waals surface area contributed by atoms with E-state index >= 15 is 0 Å². The van der Waals surface area contributed by atoms with Gasteiger partial charge in [-0.15, -0.1) is 0 Å². The number of carbonyl (C=O) groups excluding carboxylic acids is 2. The summed E-state index contributed by atoms with van der Waals surface area (Å²) in [6, 6.07) is 0.0402. The van der Waals surface area contributed by atoms with Crippen molar-refractivity contribution in [1.29, 1.82) is 0 Å². The highest BCUT2D eigenvalue weighted by Gasteiger charge is 2.44. The molecule has 0 radical (unpaired) electrons. The molecule has 2 amide bonds. The minimum Gasteiger partial charge on any atom is -0.481 e. The number of primary amides is 1. The van der Waals surface area contributed by atoms with Crippen LogP contribution in [0.1, 0.15) is 39.5 Å². The molecule has 1 saturated carbocycles. The van der Waals surface area contributed by atoms with Crippen LogP contribution in [0.4, 0.5) is 0 Å². The highest BCUT2D eigenvalue weighted by molar-refractivity contribution is 5.86. The summed E-state index contributed by atoms with van der Waals surface area (Å²) in [6.07, 6.45) is 2.59. The van der Waals surface area contributed by atoms with Crippen molar-refractivity contribution in [2.24, 2.45) is 29.4 Å². The summed E-state index contributed by atoms with van der Waals surface area (Å²) in [4.78, 5) is 37.1. The van der Waals surface area contributed by atoms with E-state index in [0.29, 0.717) is 25.8 Å². The molecule has 21 heavy (non-hydrogen) atoms. The number of carboxylic acid groups (broad SMARTS) is 1. The summed E-state index contributed by atoms with van der Waals surface area (Å²) in [5, 5.41) is 9.31.